The number of hydrogen-bond acceptors (Lipinski definition) is 6. The molecule has 1 aliphatic rings. The van der Waals surface area contributed by atoms with Crippen LogP contribution in [0.5, 0.6) is 17.2 Å². The van der Waals surface area contributed by atoms with E-state index in [1.165, 1.54) is 0 Å². The molecule has 0 bridgehead atoms. The first-order chi connectivity index (χ1) is 15.1. The minimum absolute atomic E-state index is 0.152. The van der Waals surface area contributed by atoms with E-state index in [-0.39, 0.29) is 6.03 Å². The van der Waals surface area contributed by atoms with Crippen molar-refractivity contribution in [2.75, 3.05) is 39.7 Å². The zero-order valence-corrected chi connectivity index (χ0v) is 17.9. The maximum absolute atomic E-state index is 12.8. The molecule has 8 heteroatoms. The summed E-state index contributed by atoms with van der Waals surface area (Å²) in [6.07, 6.45) is 3.47. The second kappa shape index (κ2) is 9.07. The van der Waals surface area contributed by atoms with Crippen LogP contribution in [0.15, 0.2) is 42.6 Å². The molecule has 0 unspecified atom stereocenters. The number of pyridine rings is 2. The van der Waals surface area contributed by atoms with Gasteiger partial charge in [-0.1, -0.05) is 0 Å². The van der Waals surface area contributed by atoms with Gasteiger partial charge < -0.3 is 24.4 Å². The molecule has 0 radical (unpaired) electrons. The van der Waals surface area contributed by atoms with Crippen LogP contribution in [0, 0.1) is 0 Å². The monoisotopic (exact) mass is 422 g/mol. The molecular weight excluding hydrogens is 396 g/mol. The predicted molar refractivity (Wildman–Crippen MR) is 118 cm³/mol. The van der Waals surface area contributed by atoms with Crippen LogP contribution in [0.2, 0.25) is 0 Å². The largest absolute Gasteiger partial charge is 0.493 e. The van der Waals surface area contributed by atoms with Crippen molar-refractivity contribution in [3.8, 4) is 17.2 Å². The van der Waals surface area contributed by atoms with Gasteiger partial charge in [0.15, 0.2) is 17.1 Å². The lowest BCUT2D eigenvalue weighted by Gasteiger charge is -2.32. The van der Waals surface area contributed by atoms with Gasteiger partial charge in [0.05, 0.1) is 27.0 Å². The fraction of sp³-hybridized carbons (Fsp3) is 0.348. The first-order valence-corrected chi connectivity index (χ1v) is 10.2. The van der Waals surface area contributed by atoms with E-state index in [4.69, 9.17) is 19.2 Å². The molecule has 31 heavy (non-hydrogen) atoms. The van der Waals surface area contributed by atoms with Crippen LogP contribution in [0.4, 0.5) is 10.5 Å². The third-order valence-electron chi connectivity index (χ3n) is 5.60. The number of likely N-dealkylation sites (tertiary alicyclic amines) is 1. The molecule has 3 heterocycles. The van der Waals surface area contributed by atoms with Gasteiger partial charge in [0, 0.05) is 48.4 Å². The lowest BCUT2D eigenvalue weighted by Crippen LogP contribution is -2.40. The summed E-state index contributed by atoms with van der Waals surface area (Å²) in [5.74, 6) is 1.79. The van der Waals surface area contributed by atoms with Gasteiger partial charge in [-0.3, -0.25) is 0 Å². The van der Waals surface area contributed by atoms with E-state index < -0.39 is 0 Å². The number of ether oxygens (including phenoxy) is 3. The van der Waals surface area contributed by atoms with Crippen molar-refractivity contribution in [3.05, 3.63) is 48.3 Å². The lowest BCUT2D eigenvalue weighted by molar-refractivity contribution is 0.194. The van der Waals surface area contributed by atoms with Crippen LogP contribution < -0.4 is 19.5 Å². The van der Waals surface area contributed by atoms with E-state index in [0.29, 0.717) is 41.9 Å². The number of urea groups is 1. The van der Waals surface area contributed by atoms with Crippen LogP contribution in [0.3, 0.4) is 0 Å². The molecule has 4 rings (SSSR count). The quantitative estimate of drug-likeness (QED) is 0.667. The highest BCUT2D eigenvalue weighted by atomic mass is 16.5. The molecule has 0 aliphatic carbocycles. The zero-order valence-electron chi connectivity index (χ0n) is 17.9. The normalized spacial score (nSPS) is 14.4. The first-order valence-electron chi connectivity index (χ1n) is 10.2. The second-order valence-corrected chi connectivity index (χ2v) is 7.39. The Morgan fingerprint density at radius 3 is 2.39 bits per heavy atom. The number of nitrogens with zero attached hydrogens (tertiary/aromatic N) is 3. The molecular formula is C23H26N4O4. The van der Waals surface area contributed by atoms with Crippen molar-refractivity contribution in [1.29, 1.82) is 0 Å². The third kappa shape index (κ3) is 4.33. The highest BCUT2D eigenvalue weighted by Crippen LogP contribution is 2.40. The Labute approximate surface area is 181 Å². The number of piperidine rings is 1. The van der Waals surface area contributed by atoms with Gasteiger partial charge in [-0.05, 0) is 37.1 Å². The molecule has 1 saturated heterocycles. The van der Waals surface area contributed by atoms with E-state index >= 15 is 0 Å². The summed E-state index contributed by atoms with van der Waals surface area (Å²) >= 11 is 0. The van der Waals surface area contributed by atoms with E-state index in [1.807, 2.05) is 17.0 Å². The minimum atomic E-state index is -0.152. The van der Waals surface area contributed by atoms with Crippen molar-refractivity contribution in [1.82, 2.24) is 14.9 Å². The fourth-order valence-electron chi connectivity index (χ4n) is 3.93. The summed E-state index contributed by atoms with van der Waals surface area (Å²) in [5, 5.41) is 3.97. The number of nitrogens with one attached hydrogen (secondary N) is 1. The van der Waals surface area contributed by atoms with Gasteiger partial charge in [0.2, 0.25) is 5.75 Å². The van der Waals surface area contributed by atoms with E-state index in [1.54, 1.807) is 39.7 Å². The summed E-state index contributed by atoms with van der Waals surface area (Å²) in [4.78, 5) is 23.7. The molecule has 2 aromatic heterocycles. The Morgan fingerprint density at radius 2 is 1.74 bits per heavy atom. The first kappa shape index (κ1) is 20.7. The van der Waals surface area contributed by atoms with Gasteiger partial charge >= 0.3 is 6.03 Å². The van der Waals surface area contributed by atoms with Gasteiger partial charge in [-0.15, -0.1) is 0 Å². The summed E-state index contributed by atoms with van der Waals surface area (Å²) in [7, 11) is 4.64. The van der Waals surface area contributed by atoms with E-state index in [0.717, 1.165) is 29.6 Å². The highest BCUT2D eigenvalue weighted by Gasteiger charge is 2.25. The van der Waals surface area contributed by atoms with Crippen LogP contribution >= 0.6 is 0 Å². The minimum Gasteiger partial charge on any atom is -0.493 e. The molecule has 0 atom stereocenters. The molecule has 0 spiro atoms. The van der Waals surface area contributed by atoms with Crippen molar-refractivity contribution >= 4 is 22.8 Å². The number of carbonyl (C=O) groups is 1. The maximum atomic E-state index is 12.8. The Morgan fingerprint density at radius 1 is 1.03 bits per heavy atom. The van der Waals surface area contributed by atoms with Crippen molar-refractivity contribution in [2.24, 2.45) is 0 Å². The number of amides is 2. The van der Waals surface area contributed by atoms with E-state index in [2.05, 4.69) is 22.4 Å². The van der Waals surface area contributed by atoms with Gasteiger partial charge in [0.25, 0.3) is 0 Å². The van der Waals surface area contributed by atoms with Crippen LogP contribution in [-0.2, 0) is 0 Å². The van der Waals surface area contributed by atoms with Crippen molar-refractivity contribution in [3.63, 3.8) is 0 Å². The fourth-order valence-corrected chi connectivity index (χ4v) is 3.93. The molecule has 3 aromatic rings. The SMILES string of the molecule is COc1cc(NC(=O)N2CCC(c3ccc4cccnc4n3)CC2)cc(OC)c1OC. The molecule has 1 aromatic carbocycles. The molecule has 1 aliphatic heterocycles. The Hall–Kier alpha value is -3.55. The molecule has 1 fully saturated rings. The number of methoxy groups -OCH3 is 3. The third-order valence-corrected chi connectivity index (χ3v) is 5.60. The standard InChI is InChI=1S/C23H26N4O4/c1-29-19-13-17(14-20(30-2)21(19)31-3)25-23(28)27-11-8-15(9-12-27)18-7-6-16-5-4-10-24-22(16)26-18/h4-7,10,13-15H,8-9,11-12H2,1-3H3,(H,25,28). The lowest BCUT2D eigenvalue weighted by atomic mass is 9.93. The van der Waals surface area contributed by atoms with Gasteiger partial charge in [0.1, 0.15) is 0 Å². The summed E-state index contributed by atoms with van der Waals surface area (Å²) < 4.78 is 16.0. The Balaban J connectivity index is 1.41. The zero-order chi connectivity index (χ0) is 21.8. The molecule has 1 N–H and O–H groups in total. The summed E-state index contributed by atoms with van der Waals surface area (Å²) in [6, 6.07) is 11.3. The number of rotatable bonds is 5. The highest BCUT2D eigenvalue weighted by molar-refractivity contribution is 5.90. The topological polar surface area (TPSA) is 85.8 Å². The number of hydrogen-bond donors (Lipinski definition) is 1. The molecule has 0 saturated carbocycles. The van der Waals surface area contributed by atoms with Crippen LogP contribution in [0.25, 0.3) is 11.0 Å². The average Bonchev–Trinajstić information content (AvgIpc) is 2.83. The molecule has 162 valence electrons. The number of fused-ring (bicyclic) bond motifs is 1. The summed E-state index contributed by atoms with van der Waals surface area (Å²) in [5.41, 5.74) is 2.39. The Kier molecular flexibility index (Phi) is 6.06. The van der Waals surface area contributed by atoms with Gasteiger partial charge in [-0.25, -0.2) is 14.8 Å². The number of aromatic nitrogens is 2. The predicted octanol–water partition coefficient (Wildman–Crippen LogP) is 4.07. The van der Waals surface area contributed by atoms with Crippen molar-refractivity contribution < 1.29 is 19.0 Å². The second-order valence-electron chi connectivity index (χ2n) is 7.39. The Bertz CT molecular complexity index is 1060. The molecule has 2 amide bonds. The van der Waals surface area contributed by atoms with E-state index in [9.17, 15) is 4.79 Å². The maximum Gasteiger partial charge on any atom is 0.321 e. The number of anilines is 1. The number of benzene rings is 1. The van der Waals surface area contributed by atoms with Crippen LogP contribution in [0.1, 0.15) is 24.5 Å². The van der Waals surface area contributed by atoms with Crippen LogP contribution in [-0.4, -0.2) is 55.3 Å². The van der Waals surface area contributed by atoms with Crippen molar-refractivity contribution in [2.45, 2.75) is 18.8 Å². The molecule has 8 nitrogen and oxygen atoms in total. The smallest absolute Gasteiger partial charge is 0.321 e. The van der Waals surface area contributed by atoms with Gasteiger partial charge in [-0.2, -0.15) is 0 Å². The number of carbonyl (C=O) groups excluding carboxylic acids is 1. The summed E-state index contributed by atoms with van der Waals surface area (Å²) in [6.45, 7) is 1.31. The average molecular weight is 422 g/mol.